The average Bonchev–Trinajstić information content (AvgIpc) is 3.17. The van der Waals surface area contributed by atoms with Crippen LogP contribution >= 0.6 is 0 Å². The maximum atomic E-state index is 13.5. The fourth-order valence-corrected chi connectivity index (χ4v) is 4.30. The molecule has 0 aliphatic carbocycles. The average molecular weight is 338 g/mol. The van der Waals surface area contributed by atoms with Gasteiger partial charge in [0.05, 0.1) is 0 Å². The fraction of sp³-hybridized carbons (Fsp3) is 0.0870. The molecule has 2 heterocycles. The molecule has 1 aliphatic heterocycles. The van der Waals surface area contributed by atoms with Crippen LogP contribution in [-0.2, 0) is 17.3 Å². The van der Waals surface area contributed by atoms with Gasteiger partial charge in [0, 0.05) is 41.0 Å². The van der Waals surface area contributed by atoms with Gasteiger partial charge < -0.3 is 9.88 Å². The highest BCUT2D eigenvalue weighted by molar-refractivity contribution is 6.13. The van der Waals surface area contributed by atoms with Gasteiger partial charge in [-0.2, -0.15) is 0 Å². The number of para-hydroxylation sites is 2. The van der Waals surface area contributed by atoms with E-state index < -0.39 is 5.41 Å². The molecule has 1 atom stereocenters. The summed E-state index contributed by atoms with van der Waals surface area (Å²) in [7, 11) is 2.03. The van der Waals surface area contributed by atoms with Gasteiger partial charge in [-0.3, -0.25) is 4.79 Å². The second-order valence-electron chi connectivity index (χ2n) is 6.79. The SMILES string of the molecule is Cn1cc(C2(c3ccccc3)C(=O)Nc3ccccc32)c2ccccc21. The van der Waals surface area contributed by atoms with E-state index in [1.165, 1.54) is 0 Å². The number of hydrogen-bond donors (Lipinski definition) is 1. The van der Waals surface area contributed by atoms with Crippen molar-refractivity contribution in [1.29, 1.82) is 0 Å². The number of carbonyl (C=O) groups excluding carboxylic acids is 1. The van der Waals surface area contributed by atoms with Crippen LogP contribution in [0.3, 0.4) is 0 Å². The minimum absolute atomic E-state index is 0.00116. The van der Waals surface area contributed by atoms with Crippen molar-refractivity contribution >= 4 is 22.5 Å². The van der Waals surface area contributed by atoms with E-state index in [9.17, 15) is 4.79 Å². The first kappa shape index (κ1) is 15.0. The lowest BCUT2D eigenvalue weighted by Crippen LogP contribution is -2.36. The third kappa shape index (κ3) is 1.80. The van der Waals surface area contributed by atoms with Crippen molar-refractivity contribution in [3.8, 4) is 0 Å². The molecule has 0 spiro atoms. The molecule has 1 unspecified atom stereocenters. The first-order valence-electron chi connectivity index (χ1n) is 8.74. The second kappa shape index (κ2) is 5.33. The molecule has 0 saturated heterocycles. The topological polar surface area (TPSA) is 34.0 Å². The molecule has 1 aromatic heterocycles. The summed E-state index contributed by atoms with van der Waals surface area (Å²) in [4.78, 5) is 13.5. The van der Waals surface area contributed by atoms with Crippen molar-refractivity contribution in [3.05, 3.63) is 102 Å². The van der Waals surface area contributed by atoms with E-state index >= 15 is 0 Å². The quantitative estimate of drug-likeness (QED) is 0.575. The smallest absolute Gasteiger partial charge is 0.244 e. The van der Waals surface area contributed by atoms with Crippen LogP contribution in [0.2, 0.25) is 0 Å². The normalized spacial score (nSPS) is 18.7. The number of rotatable bonds is 2. The summed E-state index contributed by atoms with van der Waals surface area (Å²) in [5.41, 5.74) is 4.17. The summed E-state index contributed by atoms with van der Waals surface area (Å²) >= 11 is 0. The fourth-order valence-electron chi connectivity index (χ4n) is 4.30. The Bertz CT molecular complexity index is 1140. The van der Waals surface area contributed by atoms with Crippen LogP contribution in [0, 0.1) is 0 Å². The number of carbonyl (C=O) groups is 1. The van der Waals surface area contributed by atoms with Crippen LogP contribution in [0.5, 0.6) is 0 Å². The Kier molecular flexibility index (Phi) is 3.07. The first-order valence-corrected chi connectivity index (χ1v) is 8.74. The number of aromatic nitrogens is 1. The number of amides is 1. The molecular formula is C23H18N2O. The van der Waals surface area contributed by atoms with Gasteiger partial charge >= 0.3 is 0 Å². The van der Waals surface area contributed by atoms with Gasteiger partial charge in [-0.1, -0.05) is 66.7 Å². The minimum Gasteiger partial charge on any atom is -0.350 e. The molecule has 1 amide bonds. The van der Waals surface area contributed by atoms with Crippen LogP contribution in [-0.4, -0.2) is 10.5 Å². The van der Waals surface area contributed by atoms with E-state index in [-0.39, 0.29) is 5.91 Å². The Labute approximate surface area is 151 Å². The largest absolute Gasteiger partial charge is 0.350 e. The Balaban J connectivity index is 1.95. The molecule has 3 heteroatoms. The lowest BCUT2D eigenvalue weighted by molar-refractivity contribution is -0.118. The number of fused-ring (bicyclic) bond motifs is 2. The van der Waals surface area contributed by atoms with E-state index in [4.69, 9.17) is 0 Å². The zero-order chi connectivity index (χ0) is 17.7. The zero-order valence-electron chi connectivity index (χ0n) is 14.4. The third-order valence-corrected chi connectivity index (χ3v) is 5.43. The summed E-state index contributed by atoms with van der Waals surface area (Å²) in [6.45, 7) is 0. The molecule has 3 nitrogen and oxygen atoms in total. The minimum atomic E-state index is -0.848. The van der Waals surface area contributed by atoms with Gasteiger partial charge in [-0.25, -0.2) is 0 Å². The highest BCUT2D eigenvalue weighted by Gasteiger charge is 2.50. The second-order valence-corrected chi connectivity index (χ2v) is 6.79. The Morgan fingerprint density at radius 2 is 1.50 bits per heavy atom. The molecule has 3 aromatic carbocycles. The molecule has 0 fully saturated rings. The van der Waals surface area contributed by atoms with E-state index in [1.54, 1.807) is 0 Å². The van der Waals surface area contributed by atoms with E-state index in [0.717, 1.165) is 33.3 Å². The molecule has 5 rings (SSSR count). The van der Waals surface area contributed by atoms with Gasteiger partial charge in [-0.15, -0.1) is 0 Å². The van der Waals surface area contributed by atoms with Crippen molar-refractivity contribution in [2.75, 3.05) is 5.32 Å². The first-order chi connectivity index (χ1) is 12.7. The lowest BCUT2D eigenvalue weighted by Gasteiger charge is -2.28. The maximum Gasteiger partial charge on any atom is 0.244 e. The van der Waals surface area contributed by atoms with Crippen LogP contribution in [0.4, 0.5) is 5.69 Å². The Hall–Kier alpha value is -3.33. The van der Waals surface area contributed by atoms with Crippen LogP contribution in [0.1, 0.15) is 16.7 Å². The molecular weight excluding hydrogens is 320 g/mol. The number of anilines is 1. The standard InChI is InChI=1S/C23H18N2O/c1-25-15-19(17-11-5-8-14-21(17)25)23(16-9-3-2-4-10-16)18-12-6-7-13-20(18)24-22(23)26/h2-15H,1H3,(H,24,26). The van der Waals surface area contributed by atoms with Gasteiger partial charge in [-0.05, 0) is 17.7 Å². The molecule has 26 heavy (non-hydrogen) atoms. The summed E-state index contributed by atoms with van der Waals surface area (Å²) in [5.74, 6) is 0.00116. The summed E-state index contributed by atoms with van der Waals surface area (Å²) in [5, 5.41) is 4.21. The Morgan fingerprint density at radius 3 is 2.35 bits per heavy atom. The van der Waals surface area contributed by atoms with Gasteiger partial charge in [0.15, 0.2) is 0 Å². The molecule has 0 radical (unpaired) electrons. The third-order valence-electron chi connectivity index (χ3n) is 5.43. The molecule has 0 saturated carbocycles. The van der Waals surface area contributed by atoms with Crippen molar-refractivity contribution in [1.82, 2.24) is 4.57 Å². The van der Waals surface area contributed by atoms with Gasteiger partial charge in [0.25, 0.3) is 0 Å². The molecule has 126 valence electrons. The van der Waals surface area contributed by atoms with Gasteiger partial charge in [0.1, 0.15) is 5.41 Å². The maximum absolute atomic E-state index is 13.5. The van der Waals surface area contributed by atoms with E-state index in [0.29, 0.717) is 0 Å². The molecule has 0 bridgehead atoms. The molecule has 1 N–H and O–H groups in total. The van der Waals surface area contributed by atoms with E-state index in [1.807, 2.05) is 67.7 Å². The number of nitrogens with zero attached hydrogens (tertiary/aromatic N) is 1. The number of aryl methyl sites for hydroxylation is 1. The summed E-state index contributed by atoms with van der Waals surface area (Å²) in [6.07, 6.45) is 2.10. The number of nitrogens with one attached hydrogen (secondary N) is 1. The van der Waals surface area contributed by atoms with Crippen molar-refractivity contribution in [3.63, 3.8) is 0 Å². The Morgan fingerprint density at radius 1 is 0.808 bits per heavy atom. The van der Waals surface area contributed by atoms with E-state index in [2.05, 4.69) is 34.3 Å². The number of benzene rings is 3. The lowest BCUT2D eigenvalue weighted by atomic mass is 9.70. The van der Waals surface area contributed by atoms with Crippen LogP contribution < -0.4 is 5.32 Å². The summed E-state index contributed by atoms with van der Waals surface area (Å²) < 4.78 is 2.10. The highest BCUT2D eigenvalue weighted by atomic mass is 16.2. The monoisotopic (exact) mass is 338 g/mol. The van der Waals surface area contributed by atoms with Gasteiger partial charge in [0.2, 0.25) is 5.91 Å². The van der Waals surface area contributed by atoms with Crippen molar-refractivity contribution in [2.24, 2.45) is 7.05 Å². The number of hydrogen-bond acceptors (Lipinski definition) is 1. The predicted molar refractivity (Wildman–Crippen MR) is 104 cm³/mol. The van der Waals surface area contributed by atoms with Crippen LogP contribution in [0.25, 0.3) is 10.9 Å². The summed E-state index contributed by atoms with van der Waals surface area (Å²) in [6, 6.07) is 26.3. The highest BCUT2D eigenvalue weighted by Crippen LogP contribution is 2.49. The van der Waals surface area contributed by atoms with Crippen molar-refractivity contribution in [2.45, 2.75) is 5.41 Å². The zero-order valence-corrected chi connectivity index (χ0v) is 14.4. The molecule has 4 aromatic rings. The van der Waals surface area contributed by atoms with Crippen molar-refractivity contribution < 1.29 is 4.79 Å². The predicted octanol–water partition coefficient (Wildman–Crippen LogP) is 4.46. The molecule has 1 aliphatic rings. The van der Waals surface area contributed by atoms with Crippen LogP contribution in [0.15, 0.2) is 85.1 Å².